The van der Waals surface area contributed by atoms with Crippen LogP contribution >= 0.6 is 10.0 Å². The first-order valence-corrected chi connectivity index (χ1v) is 27.5. The van der Waals surface area contributed by atoms with Gasteiger partial charge in [-0.2, -0.15) is 0 Å². The van der Waals surface area contributed by atoms with Crippen LogP contribution in [0.25, 0.3) is 55.1 Å². The number of anilines is 5. The van der Waals surface area contributed by atoms with Crippen molar-refractivity contribution >= 4 is 78.2 Å². The summed E-state index contributed by atoms with van der Waals surface area (Å²) in [6, 6.07) is 70.3. The summed E-state index contributed by atoms with van der Waals surface area (Å²) in [5, 5.41) is 3.70. The van der Waals surface area contributed by atoms with E-state index in [0.29, 0.717) is 0 Å². The van der Waals surface area contributed by atoms with Crippen molar-refractivity contribution in [3.63, 3.8) is 0 Å². The average Bonchev–Trinajstić information content (AvgIpc) is 3.93. The molecule has 5 heteroatoms. The SMILES string of the molecule is CCCCc1ccc(N2c3cc4ccccc4c4c3B(c3oc5cc6c(cc5c32)C(C)(C)CCC6(C)C)N2c3ccccc3S3(c5ccccc5-c5ccccc53)c3cccc-4c32)c(-c2ccccc2)c1. The number of hydrogen-bond donors (Lipinski definition) is 0. The molecule has 0 fully saturated rings. The maximum absolute atomic E-state index is 7.83. The standard InChI is InChI=1S/C66H55BN2OS/c1-6-7-20-41-33-34-52(48(37-41)42-21-9-8-10-22-42)68-54-38-43-23-11-12-24-44(43)60-47-27-19-32-59-62(47)69(53-28-15-18-31-58(53)71(59)56-29-16-13-25-45(56)46-26-14-17-30-57(46)71)67(61(54)60)64-63(68)49-39-50-51(40-55(49)70-64)66(4,5)36-35-65(50,2)3/h8-19,21-34,37-40H,6-7,20,35-36H2,1-5H3. The molecule has 0 atom stereocenters. The Bertz CT molecular complexity index is 3870. The van der Waals surface area contributed by atoms with Crippen molar-refractivity contribution in [2.75, 3.05) is 9.71 Å². The third-order valence-corrected chi connectivity index (χ3v) is 21.2. The van der Waals surface area contributed by atoms with E-state index in [9.17, 15) is 0 Å². The van der Waals surface area contributed by atoms with Gasteiger partial charge >= 0.3 is 6.85 Å². The summed E-state index contributed by atoms with van der Waals surface area (Å²) in [5.74, 6) is 0. The van der Waals surface area contributed by atoms with Crippen LogP contribution in [0.3, 0.4) is 0 Å². The molecular formula is C66H55BN2OS. The predicted octanol–water partition coefficient (Wildman–Crippen LogP) is 17.3. The molecule has 0 radical (unpaired) electrons. The Morgan fingerprint density at radius 1 is 0.535 bits per heavy atom. The van der Waals surface area contributed by atoms with Crippen LogP contribution in [0.4, 0.5) is 28.4 Å². The van der Waals surface area contributed by atoms with E-state index in [1.807, 2.05) is 0 Å². The van der Waals surface area contributed by atoms with Gasteiger partial charge in [0.25, 0.3) is 0 Å². The highest BCUT2D eigenvalue weighted by molar-refractivity contribution is 8.34. The quantitative estimate of drug-likeness (QED) is 0.160. The van der Waals surface area contributed by atoms with Gasteiger partial charge in [-0.15, -0.1) is 10.0 Å². The molecule has 5 heterocycles. The Morgan fingerprint density at radius 3 is 1.94 bits per heavy atom. The summed E-state index contributed by atoms with van der Waals surface area (Å²) >= 11 is 0. The number of aryl methyl sites for hydroxylation is 1. The molecular weight excluding hydrogens is 880 g/mol. The molecule has 0 amide bonds. The minimum absolute atomic E-state index is 0.00947. The molecule has 9 aromatic carbocycles. The van der Waals surface area contributed by atoms with Crippen LogP contribution in [0.5, 0.6) is 0 Å². The van der Waals surface area contributed by atoms with E-state index in [2.05, 4.69) is 226 Å². The maximum atomic E-state index is 7.83. The zero-order chi connectivity index (χ0) is 47.5. The summed E-state index contributed by atoms with van der Waals surface area (Å²) in [5.41, 5.74) is 21.4. The number of hydrogen-bond acceptors (Lipinski definition) is 3. The second-order valence-corrected chi connectivity index (χ2v) is 25.0. The zero-order valence-electron chi connectivity index (χ0n) is 41.1. The van der Waals surface area contributed by atoms with Gasteiger partial charge in [-0.05, 0) is 152 Å². The van der Waals surface area contributed by atoms with Crippen LogP contribution in [0.1, 0.15) is 77.0 Å². The van der Waals surface area contributed by atoms with Crippen LogP contribution in [0.15, 0.2) is 206 Å². The predicted molar refractivity (Wildman–Crippen MR) is 299 cm³/mol. The third-order valence-electron chi connectivity index (χ3n) is 17.2. The topological polar surface area (TPSA) is 19.6 Å². The average molecular weight is 935 g/mol. The highest BCUT2D eigenvalue weighted by Crippen LogP contribution is 2.85. The molecule has 0 saturated carbocycles. The highest BCUT2D eigenvalue weighted by atomic mass is 32.3. The largest absolute Gasteiger partial charge is 0.466 e. The summed E-state index contributed by atoms with van der Waals surface area (Å²) in [6.07, 6.45) is 5.64. The van der Waals surface area contributed by atoms with E-state index < -0.39 is 10.0 Å². The van der Waals surface area contributed by atoms with Gasteiger partial charge < -0.3 is 14.1 Å². The van der Waals surface area contributed by atoms with Crippen molar-refractivity contribution in [3.05, 3.63) is 199 Å². The molecule has 71 heavy (non-hydrogen) atoms. The van der Waals surface area contributed by atoms with Crippen LogP contribution in [-0.2, 0) is 17.3 Å². The van der Waals surface area contributed by atoms with Gasteiger partial charge in [0.2, 0.25) is 0 Å². The molecule has 3 nitrogen and oxygen atoms in total. The van der Waals surface area contributed by atoms with E-state index >= 15 is 0 Å². The van der Waals surface area contributed by atoms with E-state index in [1.165, 1.54) is 114 Å². The second-order valence-electron chi connectivity index (χ2n) is 22.0. The molecule has 0 unspecified atom stereocenters. The number of furan rings is 1. The van der Waals surface area contributed by atoms with Crippen molar-refractivity contribution in [1.29, 1.82) is 0 Å². The Hall–Kier alpha value is -7.21. The number of benzene rings is 9. The van der Waals surface area contributed by atoms with Gasteiger partial charge in [0.15, 0.2) is 0 Å². The second kappa shape index (κ2) is 14.7. The molecule has 10 aromatic rings. The van der Waals surface area contributed by atoms with Gasteiger partial charge in [-0.3, -0.25) is 0 Å². The number of para-hydroxylation sites is 2. The number of rotatable bonds is 5. The van der Waals surface area contributed by atoms with Crippen LogP contribution in [0, 0.1) is 0 Å². The Kier molecular flexibility index (Phi) is 8.60. The van der Waals surface area contributed by atoms with Gasteiger partial charge in [-0.1, -0.05) is 162 Å². The Morgan fingerprint density at radius 2 is 1.18 bits per heavy atom. The first kappa shape index (κ1) is 41.6. The van der Waals surface area contributed by atoms with E-state index in [-0.39, 0.29) is 17.7 Å². The van der Waals surface area contributed by atoms with Crippen LogP contribution in [-0.4, -0.2) is 6.85 Å². The summed E-state index contributed by atoms with van der Waals surface area (Å²) in [6.45, 7) is 11.8. The van der Waals surface area contributed by atoms with E-state index in [4.69, 9.17) is 4.42 Å². The molecule has 5 aliphatic rings. The number of unbranched alkanes of at least 4 members (excludes halogenated alkanes) is 1. The maximum Gasteiger partial charge on any atom is 0.376 e. The lowest BCUT2D eigenvalue weighted by Gasteiger charge is -2.53. The van der Waals surface area contributed by atoms with Crippen LogP contribution in [0.2, 0.25) is 0 Å². The van der Waals surface area contributed by atoms with Crippen LogP contribution < -0.4 is 20.8 Å². The lowest BCUT2D eigenvalue weighted by molar-refractivity contribution is 0.332. The fraction of sp³-hybridized carbons (Fsp3) is 0.182. The lowest BCUT2D eigenvalue weighted by Crippen LogP contribution is -2.62. The minimum atomic E-state index is -1.93. The molecule has 15 rings (SSSR count). The van der Waals surface area contributed by atoms with E-state index in [0.717, 1.165) is 49.0 Å². The Labute approximate surface area is 419 Å². The fourth-order valence-corrected chi connectivity index (χ4v) is 18.3. The number of nitrogens with zero attached hydrogens (tertiary/aromatic N) is 2. The molecule has 0 bridgehead atoms. The molecule has 0 saturated heterocycles. The fourth-order valence-electron chi connectivity index (χ4n) is 13.7. The summed E-state index contributed by atoms with van der Waals surface area (Å²) in [7, 11) is -1.93. The van der Waals surface area contributed by atoms with Crippen molar-refractivity contribution in [3.8, 4) is 33.4 Å². The number of fused-ring (bicyclic) bond motifs is 18. The first-order valence-electron chi connectivity index (χ1n) is 25.9. The third kappa shape index (κ3) is 5.43. The van der Waals surface area contributed by atoms with Crippen molar-refractivity contribution in [2.24, 2.45) is 0 Å². The highest BCUT2D eigenvalue weighted by Gasteiger charge is 2.56. The van der Waals surface area contributed by atoms with E-state index in [1.54, 1.807) is 0 Å². The van der Waals surface area contributed by atoms with Crippen molar-refractivity contribution in [2.45, 2.75) is 97.1 Å². The first-order chi connectivity index (χ1) is 34.7. The molecule has 344 valence electrons. The lowest BCUT2D eigenvalue weighted by atomic mass is 9.45. The molecule has 1 spiro atoms. The molecule has 1 aliphatic carbocycles. The van der Waals surface area contributed by atoms with Gasteiger partial charge in [0.05, 0.1) is 17.1 Å². The van der Waals surface area contributed by atoms with Crippen molar-refractivity contribution < 1.29 is 4.42 Å². The van der Waals surface area contributed by atoms with Crippen molar-refractivity contribution in [1.82, 2.24) is 0 Å². The monoisotopic (exact) mass is 934 g/mol. The molecule has 4 aliphatic heterocycles. The van der Waals surface area contributed by atoms with Gasteiger partial charge in [-0.25, -0.2) is 0 Å². The minimum Gasteiger partial charge on any atom is -0.466 e. The summed E-state index contributed by atoms with van der Waals surface area (Å²) < 4.78 is 7.83. The summed E-state index contributed by atoms with van der Waals surface area (Å²) in [4.78, 5) is 11.0. The normalized spacial score (nSPS) is 17.0. The Balaban J connectivity index is 1.12. The van der Waals surface area contributed by atoms with Gasteiger partial charge in [0, 0.05) is 47.5 Å². The molecule has 1 aromatic heterocycles. The smallest absolute Gasteiger partial charge is 0.376 e. The zero-order valence-corrected chi connectivity index (χ0v) is 42.0. The molecule has 0 N–H and O–H groups in total. The van der Waals surface area contributed by atoms with Gasteiger partial charge in [0.1, 0.15) is 11.2 Å².